The molecular formula is C19H25NO. The van der Waals surface area contributed by atoms with Gasteiger partial charge in [0.05, 0.1) is 0 Å². The smallest absolute Gasteiger partial charge is 0.127 e. The molecule has 0 heterocycles. The molecule has 0 saturated carbocycles. The first kappa shape index (κ1) is 15.6. The normalized spacial score (nSPS) is 12.1. The van der Waals surface area contributed by atoms with Crippen LogP contribution in [0.1, 0.15) is 26.7 Å². The van der Waals surface area contributed by atoms with Crippen molar-refractivity contribution in [3.8, 4) is 16.9 Å². The van der Waals surface area contributed by atoms with Crippen molar-refractivity contribution in [2.75, 3.05) is 13.1 Å². The fraction of sp³-hybridized carbons (Fsp3) is 0.368. The van der Waals surface area contributed by atoms with Crippen LogP contribution in [0, 0.1) is 0 Å². The maximum Gasteiger partial charge on any atom is 0.127 e. The predicted octanol–water partition coefficient (Wildman–Crippen LogP) is 4.51. The average Bonchev–Trinajstić information content (AvgIpc) is 2.54. The van der Waals surface area contributed by atoms with Crippen LogP contribution >= 0.6 is 0 Å². The second-order valence-corrected chi connectivity index (χ2v) is 5.20. The first-order valence-electron chi connectivity index (χ1n) is 7.87. The van der Waals surface area contributed by atoms with Crippen molar-refractivity contribution >= 4 is 0 Å². The third-order valence-corrected chi connectivity index (χ3v) is 3.50. The van der Waals surface area contributed by atoms with Gasteiger partial charge in [-0.25, -0.2) is 0 Å². The zero-order valence-corrected chi connectivity index (χ0v) is 13.0. The zero-order chi connectivity index (χ0) is 14.9. The Morgan fingerprint density at radius 2 is 1.67 bits per heavy atom. The highest BCUT2D eigenvalue weighted by atomic mass is 16.5. The van der Waals surface area contributed by atoms with Gasteiger partial charge in [0.25, 0.3) is 0 Å². The van der Waals surface area contributed by atoms with E-state index in [1.54, 1.807) is 0 Å². The van der Waals surface area contributed by atoms with Crippen LogP contribution in [0.15, 0.2) is 54.6 Å². The monoisotopic (exact) mass is 283 g/mol. The predicted molar refractivity (Wildman–Crippen MR) is 89.7 cm³/mol. The van der Waals surface area contributed by atoms with E-state index in [0.29, 0.717) is 0 Å². The molecule has 1 unspecified atom stereocenters. The zero-order valence-electron chi connectivity index (χ0n) is 13.0. The lowest BCUT2D eigenvalue weighted by Crippen LogP contribution is -2.31. The number of benzene rings is 2. The lowest BCUT2D eigenvalue weighted by molar-refractivity contribution is 0.188. The molecule has 2 aromatic rings. The Labute approximate surface area is 128 Å². The van der Waals surface area contributed by atoms with E-state index in [2.05, 4.69) is 61.6 Å². The van der Waals surface area contributed by atoms with Gasteiger partial charge in [0.2, 0.25) is 0 Å². The summed E-state index contributed by atoms with van der Waals surface area (Å²) in [7, 11) is 0. The lowest BCUT2D eigenvalue weighted by Gasteiger charge is -2.21. The van der Waals surface area contributed by atoms with Crippen LogP contribution < -0.4 is 10.1 Å². The van der Waals surface area contributed by atoms with E-state index >= 15 is 0 Å². The Morgan fingerprint density at radius 1 is 0.952 bits per heavy atom. The second kappa shape index (κ2) is 8.48. The molecule has 1 N–H and O–H groups in total. The SMILES string of the molecule is CCCC(CNCC)Oc1ccccc1-c1ccccc1. The molecule has 0 radical (unpaired) electrons. The number of ether oxygens (including phenoxy) is 1. The fourth-order valence-corrected chi connectivity index (χ4v) is 2.44. The summed E-state index contributed by atoms with van der Waals surface area (Å²) in [5.74, 6) is 0.972. The summed E-state index contributed by atoms with van der Waals surface area (Å²) >= 11 is 0. The summed E-state index contributed by atoms with van der Waals surface area (Å²) < 4.78 is 6.28. The van der Waals surface area contributed by atoms with E-state index in [4.69, 9.17) is 4.74 Å². The third-order valence-electron chi connectivity index (χ3n) is 3.50. The van der Waals surface area contributed by atoms with Crippen molar-refractivity contribution in [2.24, 2.45) is 0 Å². The third kappa shape index (κ3) is 4.61. The summed E-state index contributed by atoms with van der Waals surface area (Å²) in [6.07, 6.45) is 2.42. The highest BCUT2D eigenvalue weighted by Gasteiger charge is 2.12. The molecule has 0 bridgehead atoms. The van der Waals surface area contributed by atoms with Gasteiger partial charge < -0.3 is 10.1 Å². The molecule has 0 aliphatic carbocycles. The largest absolute Gasteiger partial charge is 0.488 e. The van der Waals surface area contributed by atoms with E-state index in [1.807, 2.05) is 12.1 Å². The van der Waals surface area contributed by atoms with Gasteiger partial charge in [-0.2, -0.15) is 0 Å². The van der Waals surface area contributed by atoms with Gasteiger partial charge in [-0.15, -0.1) is 0 Å². The van der Waals surface area contributed by atoms with Crippen molar-refractivity contribution in [3.63, 3.8) is 0 Å². The number of likely N-dealkylation sites (N-methyl/N-ethyl adjacent to an activating group) is 1. The molecule has 0 aromatic heterocycles. The van der Waals surface area contributed by atoms with E-state index < -0.39 is 0 Å². The molecule has 0 amide bonds. The van der Waals surface area contributed by atoms with Gasteiger partial charge in [-0.05, 0) is 24.6 Å². The van der Waals surface area contributed by atoms with Gasteiger partial charge in [0, 0.05) is 12.1 Å². The molecular weight excluding hydrogens is 258 g/mol. The molecule has 2 aromatic carbocycles. The lowest BCUT2D eigenvalue weighted by atomic mass is 10.0. The summed E-state index contributed by atoms with van der Waals surface area (Å²) in [5.41, 5.74) is 2.36. The van der Waals surface area contributed by atoms with Crippen LogP contribution in [0.3, 0.4) is 0 Å². The molecule has 1 atom stereocenters. The van der Waals surface area contributed by atoms with Crippen molar-refractivity contribution in [1.29, 1.82) is 0 Å². The van der Waals surface area contributed by atoms with Gasteiger partial charge in [-0.3, -0.25) is 0 Å². The molecule has 112 valence electrons. The van der Waals surface area contributed by atoms with Crippen molar-refractivity contribution in [3.05, 3.63) is 54.6 Å². The fourth-order valence-electron chi connectivity index (χ4n) is 2.44. The first-order valence-corrected chi connectivity index (χ1v) is 7.87. The molecule has 0 fully saturated rings. The van der Waals surface area contributed by atoms with E-state index in [0.717, 1.165) is 37.2 Å². The number of rotatable bonds is 8. The molecule has 0 saturated heterocycles. The van der Waals surface area contributed by atoms with Crippen LogP contribution in [0.25, 0.3) is 11.1 Å². The van der Waals surface area contributed by atoms with Crippen molar-refractivity contribution in [2.45, 2.75) is 32.8 Å². The standard InChI is InChI=1S/C19H25NO/c1-3-10-17(15-20-4-2)21-19-14-9-8-13-18(19)16-11-6-5-7-12-16/h5-9,11-14,17,20H,3-4,10,15H2,1-2H3. The molecule has 0 aliphatic heterocycles. The quantitative estimate of drug-likeness (QED) is 0.769. The van der Waals surface area contributed by atoms with Crippen LogP contribution in [0.4, 0.5) is 0 Å². The van der Waals surface area contributed by atoms with E-state index in [-0.39, 0.29) is 6.10 Å². The van der Waals surface area contributed by atoms with E-state index in [9.17, 15) is 0 Å². The Bertz CT molecular complexity index is 524. The van der Waals surface area contributed by atoms with E-state index in [1.165, 1.54) is 5.56 Å². The van der Waals surface area contributed by atoms with Crippen molar-refractivity contribution in [1.82, 2.24) is 5.32 Å². The maximum absolute atomic E-state index is 6.28. The molecule has 2 nitrogen and oxygen atoms in total. The second-order valence-electron chi connectivity index (χ2n) is 5.20. The van der Waals surface area contributed by atoms with Crippen molar-refractivity contribution < 1.29 is 4.74 Å². The number of hydrogen-bond acceptors (Lipinski definition) is 2. The topological polar surface area (TPSA) is 21.3 Å². The molecule has 21 heavy (non-hydrogen) atoms. The van der Waals surface area contributed by atoms with Crippen LogP contribution in [0.5, 0.6) is 5.75 Å². The number of nitrogens with one attached hydrogen (secondary N) is 1. The minimum Gasteiger partial charge on any atom is -0.488 e. The Kier molecular flexibility index (Phi) is 6.29. The summed E-state index contributed by atoms with van der Waals surface area (Å²) in [6.45, 7) is 6.20. The Balaban J connectivity index is 2.19. The van der Waals surface area contributed by atoms with Gasteiger partial charge in [0.1, 0.15) is 11.9 Å². The minimum atomic E-state index is 0.222. The van der Waals surface area contributed by atoms with Crippen LogP contribution in [0.2, 0.25) is 0 Å². The minimum absolute atomic E-state index is 0.222. The molecule has 2 rings (SSSR count). The summed E-state index contributed by atoms with van der Waals surface area (Å²) in [4.78, 5) is 0. The summed E-state index contributed by atoms with van der Waals surface area (Å²) in [6, 6.07) is 18.7. The highest BCUT2D eigenvalue weighted by molar-refractivity contribution is 5.70. The average molecular weight is 283 g/mol. The Morgan fingerprint density at radius 3 is 2.38 bits per heavy atom. The van der Waals surface area contributed by atoms with Gasteiger partial charge >= 0.3 is 0 Å². The molecule has 0 spiro atoms. The van der Waals surface area contributed by atoms with Crippen LogP contribution in [-0.4, -0.2) is 19.2 Å². The molecule has 0 aliphatic rings. The van der Waals surface area contributed by atoms with Gasteiger partial charge in [0.15, 0.2) is 0 Å². The van der Waals surface area contributed by atoms with Crippen LogP contribution in [-0.2, 0) is 0 Å². The Hall–Kier alpha value is -1.80. The number of para-hydroxylation sites is 1. The first-order chi connectivity index (χ1) is 10.3. The number of hydrogen-bond donors (Lipinski definition) is 1. The molecule has 2 heteroatoms. The summed E-state index contributed by atoms with van der Waals surface area (Å²) in [5, 5.41) is 3.39. The highest BCUT2D eigenvalue weighted by Crippen LogP contribution is 2.30. The van der Waals surface area contributed by atoms with Gasteiger partial charge in [-0.1, -0.05) is 68.8 Å². The maximum atomic E-state index is 6.28.